The van der Waals surface area contributed by atoms with E-state index in [1.807, 2.05) is 36.4 Å². The highest BCUT2D eigenvalue weighted by Crippen LogP contribution is 2.29. The molecule has 0 aliphatic carbocycles. The summed E-state index contributed by atoms with van der Waals surface area (Å²) in [5, 5.41) is 10.4. The quantitative estimate of drug-likeness (QED) is 0.580. The summed E-state index contributed by atoms with van der Waals surface area (Å²) in [5.74, 6) is 1.22. The molecule has 0 aromatic heterocycles. The minimum absolute atomic E-state index is 0.0899. The predicted octanol–water partition coefficient (Wildman–Crippen LogP) is 3.09. The third-order valence-corrected chi connectivity index (χ3v) is 3.05. The number of methoxy groups -OCH3 is 1. The summed E-state index contributed by atoms with van der Waals surface area (Å²) in [6.45, 7) is 0.360. The molecule has 0 spiro atoms. The van der Waals surface area contributed by atoms with Crippen molar-refractivity contribution in [2.75, 3.05) is 13.7 Å². The van der Waals surface area contributed by atoms with Crippen LogP contribution < -0.4 is 9.47 Å². The van der Waals surface area contributed by atoms with E-state index in [1.165, 1.54) is 0 Å². The largest absolute Gasteiger partial charge is 0.493 e. The molecule has 0 bridgehead atoms. The average molecular weight is 287 g/mol. The van der Waals surface area contributed by atoms with Gasteiger partial charge in [0.25, 0.3) is 0 Å². The van der Waals surface area contributed by atoms with Crippen LogP contribution in [0.2, 0.25) is 0 Å². The van der Waals surface area contributed by atoms with Crippen LogP contribution in [0.3, 0.4) is 0 Å². The van der Waals surface area contributed by atoms with Gasteiger partial charge in [-0.15, -0.1) is 0 Å². The molecule has 2 aromatic rings. The first-order chi connectivity index (χ1) is 10.2. The molecule has 0 N–H and O–H groups in total. The van der Waals surface area contributed by atoms with Gasteiger partial charge < -0.3 is 9.47 Å². The van der Waals surface area contributed by atoms with Gasteiger partial charge in [0, 0.05) is 11.3 Å². The fourth-order valence-electron chi connectivity index (χ4n) is 1.94. The molecule has 0 fully saturated rings. The molecule has 2 rings (SSSR count). The van der Waals surface area contributed by atoms with Crippen LogP contribution in [0.25, 0.3) is 0 Å². The maximum atomic E-state index is 10.4. The van der Waals surface area contributed by atoms with Crippen molar-refractivity contribution >= 4 is 0 Å². The summed E-state index contributed by atoms with van der Waals surface area (Å²) in [6, 6.07) is 15.2. The second-order valence-corrected chi connectivity index (χ2v) is 4.57. The van der Waals surface area contributed by atoms with E-state index in [0.29, 0.717) is 24.5 Å². The number of nitrogens with zero attached hydrogens (tertiary/aromatic N) is 1. The van der Waals surface area contributed by atoms with Crippen LogP contribution in [-0.4, -0.2) is 18.6 Å². The van der Waals surface area contributed by atoms with E-state index >= 15 is 0 Å². The van der Waals surface area contributed by atoms with Crippen LogP contribution in [0.4, 0.5) is 0 Å². The summed E-state index contributed by atoms with van der Waals surface area (Å²) in [7, 11) is 1.56. The molecule has 0 saturated carbocycles. The molecule has 0 radical (unpaired) electrons. The minimum Gasteiger partial charge on any atom is -0.493 e. The van der Waals surface area contributed by atoms with Crippen molar-refractivity contribution < 1.29 is 14.4 Å². The van der Waals surface area contributed by atoms with E-state index in [2.05, 4.69) is 0 Å². The predicted molar refractivity (Wildman–Crippen MR) is 79.3 cm³/mol. The summed E-state index contributed by atoms with van der Waals surface area (Å²) < 4.78 is 11.0. The lowest BCUT2D eigenvalue weighted by atomic mass is 10.1. The van der Waals surface area contributed by atoms with Gasteiger partial charge in [-0.25, -0.2) is 0 Å². The fourth-order valence-corrected chi connectivity index (χ4v) is 1.94. The Morgan fingerprint density at radius 3 is 2.48 bits per heavy atom. The molecule has 2 aromatic carbocycles. The highest BCUT2D eigenvalue weighted by molar-refractivity contribution is 5.43. The Labute approximate surface area is 123 Å². The van der Waals surface area contributed by atoms with Gasteiger partial charge >= 0.3 is 0 Å². The fraction of sp³-hybridized carbons (Fsp3) is 0.250. The molecule has 0 aliphatic heterocycles. The van der Waals surface area contributed by atoms with E-state index in [9.17, 15) is 10.1 Å². The normalized spacial score (nSPS) is 10.1. The molecule has 0 saturated heterocycles. The maximum absolute atomic E-state index is 10.4. The minimum atomic E-state index is -0.327. The van der Waals surface area contributed by atoms with Crippen LogP contribution in [-0.2, 0) is 13.0 Å². The second-order valence-electron chi connectivity index (χ2n) is 4.57. The second kappa shape index (κ2) is 7.28. The lowest BCUT2D eigenvalue weighted by Gasteiger charge is -2.12. The molecule has 0 aliphatic rings. The SMILES string of the molecule is COc1cc(CC[N+](=O)[O-])ccc1OCc1ccccc1. The highest BCUT2D eigenvalue weighted by Gasteiger charge is 2.08. The Morgan fingerprint density at radius 1 is 1.05 bits per heavy atom. The molecule has 0 unspecified atom stereocenters. The Kier molecular flexibility index (Phi) is 5.15. The Hall–Kier alpha value is -2.56. The van der Waals surface area contributed by atoms with Crippen molar-refractivity contribution in [1.29, 1.82) is 0 Å². The maximum Gasteiger partial charge on any atom is 0.207 e. The molecular formula is C16H17NO4. The number of hydrogen-bond acceptors (Lipinski definition) is 4. The van der Waals surface area contributed by atoms with E-state index in [1.54, 1.807) is 19.2 Å². The van der Waals surface area contributed by atoms with E-state index in [-0.39, 0.29) is 11.5 Å². The van der Waals surface area contributed by atoms with Gasteiger partial charge in [0.1, 0.15) is 6.61 Å². The van der Waals surface area contributed by atoms with Crippen LogP contribution in [0.1, 0.15) is 11.1 Å². The van der Waals surface area contributed by atoms with Crippen molar-refractivity contribution in [3.8, 4) is 11.5 Å². The van der Waals surface area contributed by atoms with Gasteiger partial charge in [0.15, 0.2) is 11.5 Å². The van der Waals surface area contributed by atoms with Crippen LogP contribution in [0.15, 0.2) is 48.5 Å². The van der Waals surface area contributed by atoms with Gasteiger partial charge in [-0.3, -0.25) is 10.1 Å². The van der Waals surface area contributed by atoms with E-state index < -0.39 is 0 Å². The van der Waals surface area contributed by atoms with Crippen molar-refractivity contribution in [1.82, 2.24) is 0 Å². The summed E-state index contributed by atoms with van der Waals surface area (Å²) in [5.41, 5.74) is 1.92. The number of hydrogen-bond donors (Lipinski definition) is 0. The molecule has 0 atom stereocenters. The van der Waals surface area contributed by atoms with Gasteiger partial charge in [-0.05, 0) is 23.3 Å². The van der Waals surface area contributed by atoms with Crippen molar-refractivity contribution in [2.24, 2.45) is 0 Å². The number of rotatable bonds is 7. The molecule has 21 heavy (non-hydrogen) atoms. The number of nitro groups is 1. The smallest absolute Gasteiger partial charge is 0.207 e. The van der Waals surface area contributed by atoms with Crippen molar-refractivity contribution in [3.05, 3.63) is 69.8 Å². The monoisotopic (exact) mass is 287 g/mol. The third kappa shape index (κ3) is 4.49. The van der Waals surface area contributed by atoms with Crippen LogP contribution in [0.5, 0.6) is 11.5 Å². The van der Waals surface area contributed by atoms with Gasteiger partial charge in [0.05, 0.1) is 7.11 Å². The van der Waals surface area contributed by atoms with Gasteiger partial charge in [-0.1, -0.05) is 36.4 Å². The molecule has 0 amide bonds. The first kappa shape index (κ1) is 14.8. The highest BCUT2D eigenvalue weighted by atomic mass is 16.6. The van der Waals surface area contributed by atoms with Crippen LogP contribution >= 0.6 is 0 Å². The lowest BCUT2D eigenvalue weighted by molar-refractivity contribution is -0.479. The summed E-state index contributed by atoms with van der Waals surface area (Å²) in [4.78, 5) is 10.1. The number of ether oxygens (including phenoxy) is 2. The third-order valence-electron chi connectivity index (χ3n) is 3.05. The molecular weight excluding hydrogens is 270 g/mol. The standard InChI is InChI=1S/C16H17NO4/c1-20-16-11-13(9-10-17(18)19)7-8-15(16)21-12-14-5-3-2-4-6-14/h2-8,11H,9-10,12H2,1H3. The van der Waals surface area contributed by atoms with E-state index in [4.69, 9.17) is 9.47 Å². The lowest BCUT2D eigenvalue weighted by Crippen LogP contribution is -2.04. The Balaban J connectivity index is 2.04. The average Bonchev–Trinajstić information content (AvgIpc) is 2.52. The van der Waals surface area contributed by atoms with E-state index in [0.717, 1.165) is 11.1 Å². The van der Waals surface area contributed by atoms with Crippen LogP contribution in [0, 0.1) is 10.1 Å². The van der Waals surface area contributed by atoms with Crippen molar-refractivity contribution in [3.63, 3.8) is 0 Å². The summed E-state index contributed by atoms with van der Waals surface area (Å²) in [6.07, 6.45) is 0.377. The van der Waals surface area contributed by atoms with Gasteiger partial charge in [0.2, 0.25) is 6.54 Å². The topological polar surface area (TPSA) is 61.6 Å². The zero-order valence-corrected chi connectivity index (χ0v) is 11.8. The summed E-state index contributed by atoms with van der Waals surface area (Å²) >= 11 is 0. The zero-order valence-electron chi connectivity index (χ0n) is 11.8. The first-order valence-electron chi connectivity index (χ1n) is 6.64. The van der Waals surface area contributed by atoms with Crippen molar-refractivity contribution in [2.45, 2.75) is 13.0 Å². The van der Waals surface area contributed by atoms with Gasteiger partial charge in [-0.2, -0.15) is 0 Å². The molecule has 5 heteroatoms. The Morgan fingerprint density at radius 2 is 1.81 bits per heavy atom. The molecule has 5 nitrogen and oxygen atoms in total. The number of benzene rings is 2. The zero-order chi connectivity index (χ0) is 15.1. The molecule has 0 heterocycles. The first-order valence-corrected chi connectivity index (χ1v) is 6.64. The molecule has 110 valence electrons. The Bertz CT molecular complexity index is 598.